The second-order valence-corrected chi connectivity index (χ2v) is 7.25. The van der Waals surface area contributed by atoms with Crippen molar-refractivity contribution in [1.82, 2.24) is 10.6 Å². The SMILES string of the molecule is CCNC(=NCc1cc(OC)ccc1O)NC1CC(C)(OC)C1(C)C. The molecule has 25 heavy (non-hydrogen) atoms. The lowest BCUT2D eigenvalue weighted by Crippen LogP contribution is -2.69. The van der Waals surface area contributed by atoms with E-state index in [0.29, 0.717) is 12.3 Å². The van der Waals surface area contributed by atoms with Crippen molar-refractivity contribution in [3.05, 3.63) is 23.8 Å². The van der Waals surface area contributed by atoms with Crippen molar-refractivity contribution in [3.63, 3.8) is 0 Å². The van der Waals surface area contributed by atoms with Gasteiger partial charge in [0.1, 0.15) is 11.5 Å². The number of guanidine groups is 1. The zero-order chi connectivity index (χ0) is 18.7. The average molecular weight is 349 g/mol. The number of nitrogens with one attached hydrogen (secondary N) is 2. The van der Waals surface area contributed by atoms with Crippen LogP contribution in [0, 0.1) is 5.41 Å². The summed E-state index contributed by atoms with van der Waals surface area (Å²) in [4.78, 5) is 4.62. The molecule has 1 aliphatic rings. The Kier molecular flexibility index (Phi) is 5.83. The molecule has 6 nitrogen and oxygen atoms in total. The molecular formula is C19H31N3O3. The molecule has 0 saturated heterocycles. The Morgan fingerprint density at radius 2 is 2.04 bits per heavy atom. The van der Waals surface area contributed by atoms with E-state index < -0.39 is 0 Å². The van der Waals surface area contributed by atoms with E-state index in [2.05, 4.69) is 36.4 Å². The summed E-state index contributed by atoms with van der Waals surface area (Å²) in [5, 5.41) is 16.8. The monoisotopic (exact) mass is 349 g/mol. The fourth-order valence-electron chi connectivity index (χ4n) is 3.19. The van der Waals surface area contributed by atoms with Crippen LogP contribution in [0.1, 0.15) is 39.7 Å². The summed E-state index contributed by atoms with van der Waals surface area (Å²) >= 11 is 0. The summed E-state index contributed by atoms with van der Waals surface area (Å²) in [6, 6.07) is 5.43. The van der Waals surface area contributed by atoms with Gasteiger partial charge in [-0.1, -0.05) is 13.8 Å². The molecule has 6 heteroatoms. The van der Waals surface area contributed by atoms with E-state index in [0.717, 1.165) is 24.5 Å². The fourth-order valence-corrected chi connectivity index (χ4v) is 3.19. The molecule has 3 N–H and O–H groups in total. The number of methoxy groups -OCH3 is 2. The molecule has 0 aliphatic heterocycles. The van der Waals surface area contributed by atoms with Crippen molar-refractivity contribution in [1.29, 1.82) is 0 Å². The van der Waals surface area contributed by atoms with Gasteiger partial charge in [-0.2, -0.15) is 0 Å². The summed E-state index contributed by atoms with van der Waals surface area (Å²) < 4.78 is 10.9. The van der Waals surface area contributed by atoms with Crippen molar-refractivity contribution in [2.45, 2.75) is 52.3 Å². The molecule has 2 rings (SSSR count). The van der Waals surface area contributed by atoms with Crippen molar-refractivity contribution in [3.8, 4) is 11.5 Å². The minimum absolute atomic E-state index is 0.00392. The van der Waals surface area contributed by atoms with E-state index in [1.165, 1.54) is 0 Å². The van der Waals surface area contributed by atoms with Gasteiger partial charge in [0.15, 0.2) is 5.96 Å². The lowest BCUT2D eigenvalue weighted by molar-refractivity contribution is -0.176. The molecule has 1 saturated carbocycles. The van der Waals surface area contributed by atoms with Crippen LogP contribution in [0.15, 0.2) is 23.2 Å². The first kappa shape index (κ1) is 19.4. The predicted molar refractivity (Wildman–Crippen MR) is 100 cm³/mol. The van der Waals surface area contributed by atoms with E-state index in [1.807, 2.05) is 6.92 Å². The van der Waals surface area contributed by atoms with Gasteiger partial charge in [-0.15, -0.1) is 0 Å². The van der Waals surface area contributed by atoms with Crippen LogP contribution in [0.5, 0.6) is 11.5 Å². The van der Waals surface area contributed by atoms with Crippen molar-refractivity contribution in [2.24, 2.45) is 10.4 Å². The minimum Gasteiger partial charge on any atom is -0.508 e. The summed E-state index contributed by atoms with van der Waals surface area (Å²) in [5.74, 6) is 1.66. The second-order valence-electron chi connectivity index (χ2n) is 7.25. The van der Waals surface area contributed by atoms with E-state index in [1.54, 1.807) is 32.4 Å². The highest BCUT2D eigenvalue weighted by atomic mass is 16.5. The van der Waals surface area contributed by atoms with Crippen LogP contribution in [0.2, 0.25) is 0 Å². The normalized spacial score (nSPS) is 25.2. The molecular weight excluding hydrogens is 318 g/mol. The second kappa shape index (κ2) is 7.52. The Bertz CT molecular complexity index is 630. The van der Waals surface area contributed by atoms with Gasteiger partial charge in [-0.05, 0) is 38.5 Å². The lowest BCUT2D eigenvalue weighted by Gasteiger charge is -2.59. The number of nitrogens with zero attached hydrogens (tertiary/aromatic N) is 1. The van der Waals surface area contributed by atoms with Gasteiger partial charge in [-0.3, -0.25) is 0 Å². The summed E-state index contributed by atoms with van der Waals surface area (Å²) in [6.07, 6.45) is 0.922. The van der Waals surface area contributed by atoms with Crippen molar-refractivity contribution >= 4 is 5.96 Å². The molecule has 1 aliphatic carbocycles. The van der Waals surface area contributed by atoms with E-state index in [-0.39, 0.29) is 22.8 Å². The number of benzene rings is 1. The highest BCUT2D eigenvalue weighted by molar-refractivity contribution is 5.80. The van der Waals surface area contributed by atoms with Crippen LogP contribution in [-0.4, -0.2) is 43.5 Å². The first-order chi connectivity index (χ1) is 11.8. The highest BCUT2D eigenvalue weighted by Crippen LogP contribution is 2.51. The third-order valence-corrected chi connectivity index (χ3v) is 5.63. The van der Waals surface area contributed by atoms with Gasteiger partial charge < -0.3 is 25.2 Å². The zero-order valence-electron chi connectivity index (χ0n) is 16.1. The topological polar surface area (TPSA) is 75.1 Å². The van der Waals surface area contributed by atoms with Crippen LogP contribution in [0.3, 0.4) is 0 Å². The van der Waals surface area contributed by atoms with Gasteiger partial charge in [-0.25, -0.2) is 4.99 Å². The molecule has 1 aromatic carbocycles. The fraction of sp³-hybridized carbons (Fsp3) is 0.632. The lowest BCUT2D eigenvalue weighted by atomic mass is 9.56. The quantitative estimate of drug-likeness (QED) is 0.544. The van der Waals surface area contributed by atoms with Gasteiger partial charge in [0.2, 0.25) is 0 Å². The maximum atomic E-state index is 10.0. The summed E-state index contributed by atoms with van der Waals surface area (Å²) in [5.41, 5.74) is 0.592. The smallest absolute Gasteiger partial charge is 0.191 e. The van der Waals surface area contributed by atoms with Gasteiger partial charge in [0, 0.05) is 30.7 Å². The van der Waals surface area contributed by atoms with E-state index >= 15 is 0 Å². The first-order valence-corrected chi connectivity index (χ1v) is 8.73. The number of ether oxygens (including phenoxy) is 2. The number of phenols is 1. The Hall–Kier alpha value is -1.95. The highest BCUT2D eigenvalue weighted by Gasteiger charge is 2.58. The van der Waals surface area contributed by atoms with Crippen LogP contribution < -0.4 is 15.4 Å². The Labute approximate surface area is 150 Å². The number of aromatic hydroxyl groups is 1. The minimum atomic E-state index is -0.132. The number of rotatable bonds is 6. The third-order valence-electron chi connectivity index (χ3n) is 5.63. The summed E-state index contributed by atoms with van der Waals surface area (Å²) in [6.45, 7) is 9.72. The van der Waals surface area contributed by atoms with E-state index in [4.69, 9.17) is 9.47 Å². The molecule has 0 bridgehead atoms. The van der Waals surface area contributed by atoms with Crippen molar-refractivity contribution < 1.29 is 14.6 Å². The molecule has 1 aromatic rings. The molecule has 0 heterocycles. The maximum absolute atomic E-state index is 10.0. The number of phenolic OH excluding ortho intramolecular Hbond substituents is 1. The van der Waals surface area contributed by atoms with Gasteiger partial charge in [0.25, 0.3) is 0 Å². The number of hydrogen-bond donors (Lipinski definition) is 3. The molecule has 2 atom stereocenters. The number of aliphatic imine (C=N–C) groups is 1. The first-order valence-electron chi connectivity index (χ1n) is 8.73. The largest absolute Gasteiger partial charge is 0.508 e. The molecule has 0 aromatic heterocycles. The zero-order valence-corrected chi connectivity index (χ0v) is 16.1. The molecule has 0 amide bonds. The molecule has 0 spiro atoms. The van der Waals surface area contributed by atoms with Crippen molar-refractivity contribution in [2.75, 3.05) is 20.8 Å². The van der Waals surface area contributed by atoms with E-state index in [9.17, 15) is 5.11 Å². The molecule has 2 unspecified atom stereocenters. The van der Waals surface area contributed by atoms with Gasteiger partial charge >= 0.3 is 0 Å². The average Bonchev–Trinajstić information content (AvgIpc) is 2.60. The Balaban J connectivity index is 2.10. The number of hydrogen-bond acceptors (Lipinski definition) is 4. The van der Waals surface area contributed by atoms with Crippen LogP contribution in [-0.2, 0) is 11.3 Å². The molecule has 140 valence electrons. The predicted octanol–water partition coefficient (Wildman–Crippen LogP) is 2.66. The summed E-state index contributed by atoms with van der Waals surface area (Å²) in [7, 11) is 3.37. The van der Waals surface area contributed by atoms with Gasteiger partial charge in [0.05, 0.1) is 19.3 Å². The third kappa shape index (κ3) is 3.84. The maximum Gasteiger partial charge on any atom is 0.191 e. The molecule has 1 fully saturated rings. The Morgan fingerprint density at radius 1 is 1.32 bits per heavy atom. The molecule has 0 radical (unpaired) electrons. The standard InChI is InChI=1S/C19H31N3O3/c1-7-20-17(22-16-11-19(4,25-6)18(16,2)3)21-12-13-10-14(24-5)8-9-15(13)23/h8-10,16,23H,7,11-12H2,1-6H3,(H2,20,21,22). The van der Waals surface area contributed by atoms with Crippen LogP contribution in [0.4, 0.5) is 0 Å². The van der Waals surface area contributed by atoms with Crippen LogP contribution in [0.25, 0.3) is 0 Å². The van der Waals surface area contributed by atoms with Crippen LogP contribution >= 0.6 is 0 Å². The Morgan fingerprint density at radius 3 is 2.60 bits per heavy atom.